The Labute approximate surface area is 230 Å². The van der Waals surface area contributed by atoms with Crippen LogP contribution in [0.1, 0.15) is 31.0 Å². The molecule has 1 aromatic heterocycles. The molecular weight excluding hydrogens is 584 g/mol. The Kier molecular flexibility index (Phi) is 8.45. The largest absolute Gasteiger partial charge is 0.501 e. The van der Waals surface area contributed by atoms with Crippen LogP contribution in [0.4, 0.5) is 32.0 Å². The van der Waals surface area contributed by atoms with Crippen molar-refractivity contribution in [3.05, 3.63) is 65.1 Å². The number of pyridine rings is 1. The molecule has 2 atom stereocenters. The second kappa shape index (κ2) is 11.2. The fraction of sp³-hybridized carbons (Fsp3) is 0.417. The van der Waals surface area contributed by atoms with Gasteiger partial charge in [-0.1, -0.05) is 11.8 Å². The fourth-order valence-corrected chi connectivity index (χ4v) is 5.93. The van der Waals surface area contributed by atoms with E-state index in [4.69, 9.17) is 0 Å². The third-order valence-electron chi connectivity index (χ3n) is 6.14. The molecule has 8 nitrogen and oxygen atoms in total. The predicted molar refractivity (Wildman–Crippen MR) is 138 cm³/mol. The van der Waals surface area contributed by atoms with Crippen molar-refractivity contribution >= 4 is 32.5 Å². The van der Waals surface area contributed by atoms with E-state index in [0.717, 1.165) is 48.2 Å². The first-order chi connectivity index (χ1) is 18.6. The normalized spacial score (nSPS) is 21.1. The minimum atomic E-state index is -5.64. The average molecular weight is 610 g/mol. The van der Waals surface area contributed by atoms with Crippen LogP contribution in [0.5, 0.6) is 0 Å². The number of benzene rings is 1. The summed E-state index contributed by atoms with van der Waals surface area (Å²) < 4.78 is 106. The number of aromatic nitrogens is 1. The number of aliphatic hydroxyl groups excluding tert-OH is 1. The Morgan fingerprint density at radius 1 is 1.10 bits per heavy atom. The first-order valence-electron chi connectivity index (χ1n) is 12.0. The van der Waals surface area contributed by atoms with Gasteiger partial charge in [-0.3, -0.25) is 4.98 Å². The van der Waals surface area contributed by atoms with Gasteiger partial charge in [0.2, 0.25) is 0 Å². The number of alkyl halides is 6. The molecule has 0 fully saturated rings. The quantitative estimate of drug-likeness (QED) is 0.357. The molecule has 0 spiro atoms. The standard InChI is InChI=1S/C24H25F6N5O3S2/c1-14(36)13-39-21-33-19-9-12-31-11-8-17(19)22(35-21,20-18(23(25,26)27)3-2-10-32-20)34-15-4-6-16(7-5-15)40(37,38)24(28,29)30/h2-7,10,14,31,34,36H,8-9,11-13H2,1H3,(H,33,35). The maximum absolute atomic E-state index is 14.3. The van der Waals surface area contributed by atoms with Crippen molar-refractivity contribution < 1.29 is 39.9 Å². The maximum Gasteiger partial charge on any atom is 0.501 e. The zero-order valence-electron chi connectivity index (χ0n) is 20.9. The average Bonchev–Trinajstić information content (AvgIpc) is 3.13. The van der Waals surface area contributed by atoms with Gasteiger partial charge in [0.1, 0.15) is 5.69 Å². The topological polar surface area (TPSA) is 116 Å². The number of nitrogens with one attached hydrogen (secondary N) is 3. The van der Waals surface area contributed by atoms with Crippen LogP contribution in [0.2, 0.25) is 0 Å². The minimum Gasteiger partial charge on any atom is -0.393 e. The first kappa shape index (κ1) is 30.1. The monoisotopic (exact) mass is 609 g/mol. The zero-order chi connectivity index (χ0) is 29.3. The Bertz CT molecular complexity index is 1410. The summed E-state index contributed by atoms with van der Waals surface area (Å²) in [6.07, 6.45) is -3.78. The molecule has 1 aromatic carbocycles. The molecule has 2 unspecified atom stereocenters. The molecule has 3 heterocycles. The van der Waals surface area contributed by atoms with Gasteiger partial charge in [-0.2, -0.15) is 26.3 Å². The van der Waals surface area contributed by atoms with E-state index in [0.29, 0.717) is 30.8 Å². The maximum atomic E-state index is 14.3. The van der Waals surface area contributed by atoms with Crippen LogP contribution in [0.15, 0.2) is 63.8 Å². The molecule has 4 N–H and O–H groups in total. The van der Waals surface area contributed by atoms with Crippen molar-refractivity contribution in [1.82, 2.24) is 15.6 Å². The Morgan fingerprint density at radius 3 is 2.40 bits per heavy atom. The number of aliphatic imine (C=N–C) groups is 1. The summed E-state index contributed by atoms with van der Waals surface area (Å²) in [4.78, 5) is 7.74. The second-order valence-corrected chi connectivity index (χ2v) is 12.1. The summed E-state index contributed by atoms with van der Waals surface area (Å²) in [5.41, 5.74) is -8.04. The van der Waals surface area contributed by atoms with Gasteiger partial charge in [0.05, 0.1) is 16.6 Å². The van der Waals surface area contributed by atoms with Crippen molar-refractivity contribution in [3.8, 4) is 0 Å². The molecule has 4 rings (SSSR count). The van der Waals surface area contributed by atoms with Gasteiger partial charge in [0.25, 0.3) is 9.84 Å². The third-order valence-corrected chi connectivity index (χ3v) is 8.76. The van der Waals surface area contributed by atoms with Crippen LogP contribution < -0.4 is 16.0 Å². The Hall–Kier alpha value is -2.82. The molecule has 16 heteroatoms. The third kappa shape index (κ3) is 6.09. The van der Waals surface area contributed by atoms with Gasteiger partial charge in [-0.05, 0) is 56.3 Å². The van der Waals surface area contributed by atoms with E-state index in [1.807, 2.05) is 0 Å². The van der Waals surface area contributed by atoms with E-state index in [2.05, 4.69) is 25.9 Å². The minimum absolute atomic E-state index is 0.00878. The van der Waals surface area contributed by atoms with Crippen LogP contribution in [0.3, 0.4) is 0 Å². The van der Waals surface area contributed by atoms with Crippen LogP contribution in [-0.4, -0.2) is 54.1 Å². The summed E-state index contributed by atoms with van der Waals surface area (Å²) >= 11 is 1.08. The number of sulfone groups is 1. The molecule has 2 aromatic rings. The second-order valence-electron chi connectivity index (χ2n) is 9.12. The predicted octanol–water partition coefficient (Wildman–Crippen LogP) is 4.37. The number of halogens is 6. The number of thioether (sulfide) groups is 1. The van der Waals surface area contributed by atoms with Gasteiger partial charge in [0.15, 0.2) is 10.8 Å². The highest BCUT2D eigenvalue weighted by Gasteiger charge is 2.49. The molecule has 40 heavy (non-hydrogen) atoms. The molecule has 0 saturated heterocycles. The molecule has 0 bridgehead atoms. The summed E-state index contributed by atoms with van der Waals surface area (Å²) in [7, 11) is -5.64. The van der Waals surface area contributed by atoms with Gasteiger partial charge in [-0.25, -0.2) is 13.4 Å². The summed E-state index contributed by atoms with van der Waals surface area (Å²) in [5, 5.41) is 19.3. The molecule has 218 valence electrons. The van der Waals surface area contributed by atoms with Gasteiger partial charge in [0, 0.05) is 41.9 Å². The highest BCUT2D eigenvalue weighted by molar-refractivity contribution is 8.13. The van der Waals surface area contributed by atoms with Gasteiger partial charge >= 0.3 is 11.7 Å². The molecule has 0 saturated carbocycles. The molecule has 2 aliphatic rings. The number of hydrogen-bond acceptors (Lipinski definition) is 9. The van der Waals surface area contributed by atoms with Crippen LogP contribution in [0, 0.1) is 0 Å². The summed E-state index contributed by atoms with van der Waals surface area (Å²) in [6.45, 7) is 2.44. The van der Waals surface area contributed by atoms with Crippen molar-refractivity contribution in [1.29, 1.82) is 0 Å². The van der Waals surface area contributed by atoms with E-state index in [9.17, 15) is 39.9 Å². The number of hydrogen-bond donors (Lipinski definition) is 4. The number of aliphatic hydroxyl groups is 1. The van der Waals surface area contributed by atoms with Gasteiger partial charge < -0.3 is 21.1 Å². The highest BCUT2D eigenvalue weighted by atomic mass is 32.2. The lowest BCUT2D eigenvalue weighted by Gasteiger charge is -2.40. The lowest BCUT2D eigenvalue weighted by molar-refractivity contribution is -0.139. The molecule has 0 radical (unpaired) electrons. The van der Waals surface area contributed by atoms with Crippen molar-refractivity contribution in [2.24, 2.45) is 4.99 Å². The SMILES string of the molecule is CC(O)CSC1=NC(Nc2ccc(S(=O)(=O)C(F)(F)F)cc2)(c2ncccc2C(F)(F)F)C2=C(CCNCC2)N1. The lowest BCUT2D eigenvalue weighted by Crippen LogP contribution is -2.46. The Balaban J connectivity index is 1.93. The van der Waals surface area contributed by atoms with E-state index in [1.54, 1.807) is 6.92 Å². The van der Waals surface area contributed by atoms with Crippen molar-refractivity contribution in [3.63, 3.8) is 0 Å². The van der Waals surface area contributed by atoms with Gasteiger partial charge in [-0.15, -0.1) is 0 Å². The summed E-state index contributed by atoms with van der Waals surface area (Å²) in [6, 6.07) is 5.51. The molecular formula is C24H25F6N5O3S2. The van der Waals surface area contributed by atoms with E-state index in [1.165, 1.54) is 6.20 Å². The van der Waals surface area contributed by atoms with Crippen LogP contribution >= 0.6 is 11.8 Å². The lowest BCUT2D eigenvalue weighted by atomic mass is 9.86. The summed E-state index contributed by atoms with van der Waals surface area (Å²) in [5.74, 6) is 0.168. The van der Waals surface area contributed by atoms with E-state index < -0.39 is 49.4 Å². The number of nitrogens with zero attached hydrogens (tertiary/aromatic N) is 2. The number of amidine groups is 1. The van der Waals surface area contributed by atoms with E-state index in [-0.39, 0.29) is 23.0 Å². The van der Waals surface area contributed by atoms with E-state index >= 15 is 0 Å². The number of rotatable bonds is 6. The number of anilines is 1. The zero-order valence-corrected chi connectivity index (χ0v) is 22.5. The molecule has 0 amide bonds. The molecule has 2 aliphatic heterocycles. The fourth-order valence-electron chi connectivity index (χ4n) is 4.38. The van der Waals surface area contributed by atoms with Crippen molar-refractivity contribution in [2.75, 3.05) is 24.2 Å². The van der Waals surface area contributed by atoms with Crippen molar-refractivity contribution in [2.45, 2.75) is 48.1 Å². The smallest absolute Gasteiger partial charge is 0.393 e. The van der Waals surface area contributed by atoms with Crippen LogP contribution in [-0.2, 0) is 21.7 Å². The highest BCUT2D eigenvalue weighted by Crippen LogP contribution is 2.46. The first-order valence-corrected chi connectivity index (χ1v) is 14.5. The molecule has 0 aliphatic carbocycles. The van der Waals surface area contributed by atoms with Crippen LogP contribution in [0.25, 0.3) is 0 Å². The Morgan fingerprint density at radius 2 is 1.77 bits per heavy atom.